The quantitative estimate of drug-likeness (QED) is 0.691. The fourth-order valence-corrected chi connectivity index (χ4v) is 3.94. The van der Waals surface area contributed by atoms with Crippen LogP contribution in [-0.4, -0.2) is 66.9 Å². The molecule has 0 aromatic rings. The normalized spacial score (nSPS) is 32.3. The van der Waals surface area contributed by atoms with E-state index in [-0.39, 0.29) is 37.4 Å². The fourth-order valence-electron chi connectivity index (χ4n) is 3.94. The second-order valence-electron chi connectivity index (χ2n) is 7.19. The smallest absolute Gasteiger partial charge is 0.308 e. The number of alkyl halides is 2. The molecule has 0 aromatic heterocycles. The minimum absolute atomic E-state index is 0.0375. The van der Waals surface area contributed by atoms with Gasteiger partial charge in [-0.05, 0) is 45.4 Å². The van der Waals surface area contributed by atoms with Crippen molar-refractivity contribution in [2.24, 2.45) is 5.92 Å². The first-order valence-electron chi connectivity index (χ1n) is 9.16. The third-order valence-electron chi connectivity index (χ3n) is 5.24. The van der Waals surface area contributed by atoms with Gasteiger partial charge in [-0.15, -0.1) is 0 Å². The van der Waals surface area contributed by atoms with E-state index in [1.807, 2.05) is 6.92 Å². The van der Waals surface area contributed by atoms with Crippen molar-refractivity contribution in [3.63, 3.8) is 0 Å². The third kappa shape index (κ3) is 4.24. The van der Waals surface area contributed by atoms with Gasteiger partial charge in [-0.25, -0.2) is 8.78 Å². The van der Waals surface area contributed by atoms with Gasteiger partial charge in [0.1, 0.15) is 0 Å². The zero-order chi connectivity index (χ0) is 17.2. The first-order chi connectivity index (χ1) is 11.5. The van der Waals surface area contributed by atoms with Gasteiger partial charge < -0.3 is 9.47 Å². The number of rotatable bonds is 6. The number of halogens is 2. The van der Waals surface area contributed by atoms with E-state index in [0.29, 0.717) is 6.61 Å². The van der Waals surface area contributed by atoms with Crippen molar-refractivity contribution in [2.45, 2.75) is 63.8 Å². The number of hydrogen-bond donors (Lipinski definition) is 0. The Morgan fingerprint density at radius 3 is 2.29 bits per heavy atom. The molecule has 138 valence electrons. The average molecular weight is 346 g/mol. The Kier molecular flexibility index (Phi) is 5.72. The Labute approximate surface area is 142 Å². The SMILES string of the molecule is CCOC(=O)C1CCC(OC(N2CCCC2)N2CC(F)(F)C2)CC1. The van der Waals surface area contributed by atoms with Crippen molar-refractivity contribution in [1.82, 2.24) is 9.80 Å². The number of nitrogens with zero attached hydrogens (tertiary/aromatic N) is 2. The fraction of sp³-hybridized carbons (Fsp3) is 0.941. The molecule has 1 unspecified atom stereocenters. The van der Waals surface area contributed by atoms with Crippen LogP contribution in [0.25, 0.3) is 0 Å². The van der Waals surface area contributed by atoms with Crippen LogP contribution in [0, 0.1) is 5.92 Å². The lowest BCUT2D eigenvalue weighted by atomic mass is 9.87. The molecule has 2 saturated heterocycles. The van der Waals surface area contributed by atoms with Gasteiger partial charge in [0.25, 0.3) is 5.92 Å². The Hall–Kier alpha value is -0.790. The highest BCUT2D eigenvalue weighted by Gasteiger charge is 2.49. The summed E-state index contributed by atoms with van der Waals surface area (Å²) in [6.07, 6.45) is 4.99. The van der Waals surface area contributed by atoms with E-state index < -0.39 is 5.92 Å². The summed E-state index contributed by atoms with van der Waals surface area (Å²) in [5, 5.41) is 0. The van der Waals surface area contributed by atoms with Crippen molar-refractivity contribution >= 4 is 5.97 Å². The van der Waals surface area contributed by atoms with Gasteiger partial charge >= 0.3 is 5.97 Å². The van der Waals surface area contributed by atoms with Gasteiger partial charge in [0, 0.05) is 13.1 Å². The summed E-state index contributed by atoms with van der Waals surface area (Å²) < 4.78 is 37.8. The molecule has 5 nitrogen and oxygen atoms in total. The van der Waals surface area contributed by atoms with Gasteiger partial charge in [-0.2, -0.15) is 0 Å². The molecule has 0 N–H and O–H groups in total. The minimum atomic E-state index is -2.58. The molecule has 0 radical (unpaired) electrons. The Morgan fingerprint density at radius 1 is 1.12 bits per heavy atom. The largest absolute Gasteiger partial charge is 0.466 e. The molecule has 3 aliphatic rings. The molecule has 2 aliphatic heterocycles. The van der Waals surface area contributed by atoms with E-state index in [1.54, 1.807) is 4.90 Å². The Balaban J connectivity index is 1.51. The number of ether oxygens (including phenoxy) is 2. The van der Waals surface area contributed by atoms with Crippen LogP contribution in [0.2, 0.25) is 0 Å². The van der Waals surface area contributed by atoms with Crippen LogP contribution in [-0.2, 0) is 14.3 Å². The molecule has 0 aromatic carbocycles. The van der Waals surface area contributed by atoms with E-state index in [2.05, 4.69) is 4.90 Å². The summed E-state index contributed by atoms with van der Waals surface area (Å²) in [6.45, 7) is 3.61. The molecule has 3 fully saturated rings. The lowest BCUT2D eigenvalue weighted by molar-refractivity contribution is -0.255. The van der Waals surface area contributed by atoms with Crippen LogP contribution < -0.4 is 0 Å². The van der Waals surface area contributed by atoms with Crippen molar-refractivity contribution in [3.05, 3.63) is 0 Å². The van der Waals surface area contributed by atoms with Gasteiger partial charge in [0.05, 0.1) is 31.7 Å². The zero-order valence-electron chi connectivity index (χ0n) is 14.4. The Bertz CT molecular complexity index is 428. The van der Waals surface area contributed by atoms with Gasteiger partial charge in [-0.1, -0.05) is 0 Å². The summed E-state index contributed by atoms with van der Waals surface area (Å²) in [4.78, 5) is 15.7. The molecule has 1 saturated carbocycles. The molecule has 3 rings (SSSR count). The van der Waals surface area contributed by atoms with Crippen molar-refractivity contribution in [1.29, 1.82) is 0 Å². The second-order valence-corrected chi connectivity index (χ2v) is 7.19. The zero-order valence-corrected chi connectivity index (χ0v) is 14.4. The number of carbonyl (C=O) groups is 1. The average Bonchev–Trinajstić information content (AvgIpc) is 3.05. The minimum Gasteiger partial charge on any atom is -0.466 e. The highest BCUT2D eigenvalue weighted by Crippen LogP contribution is 2.34. The van der Waals surface area contributed by atoms with Crippen molar-refractivity contribution in [3.8, 4) is 0 Å². The standard InChI is InChI=1S/C17H28F2N2O3/c1-2-23-15(22)13-5-7-14(8-6-13)24-16(20-9-3-4-10-20)21-11-17(18,19)12-21/h13-14,16H,2-12H2,1H3. The maximum Gasteiger partial charge on any atom is 0.308 e. The molecule has 0 amide bonds. The van der Waals surface area contributed by atoms with Gasteiger partial charge in [0.15, 0.2) is 6.35 Å². The molecular formula is C17H28F2N2O3. The molecule has 0 bridgehead atoms. The first-order valence-corrected chi connectivity index (χ1v) is 9.16. The molecule has 1 atom stereocenters. The van der Waals surface area contributed by atoms with E-state index >= 15 is 0 Å². The summed E-state index contributed by atoms with van der Waals surface area (Å²) in [6, 6.07) is 0. The monoisotopic (exact) mass is 346 g/mol. The van der Waals surface area contributed by atoms with Crippen LogP contribution in [0.4, 0.5) is 8.78 Å². The topological polar surface area (TPSA) is 42.0 Å². The van der Waals surface area contributed by atoms with Crippen molar-refractivity contribution < 1.29 is 23.0 Å². The molecular weight excluding hydrogens is 318 g/mol. The summed E-state index contributed by atoms with van der Waals surface area (Å²) in [7, 11) is 0. The number of hydrogen-bond acceptors (Lipinski definition) is 5. The maximum absolute atomic E-state index is 13.3. The number of likely N-dealkylation sites (tertiary alicyclic amines) is 2. The summed E-state index contributed by atoms with van der Waals surface area (Å²) in [5.74, 6) is -2.74. The van der Waals surface area contributed by atoms with E-state index in [0.717, 1.165) is 51.6 Å². The van der Waals surface area contributed by atoms with Gasteiger partial charge in [0.2, 0.25) is 0 Å². The van der Waals surface area contributed by atoms with Crippen molar-refractivity contribution in [2.75, 3.05) is 32.8 Å². The number of carbonyl (C=O) groups excluding carboxylic acids is 1. The highest BCUT2D eigenvalue weighted by atomic mass is 19.3. The summed E-state index contributed by atoms with van der Waals surface area (Å²) in [5.41, 5.74) is 0. The molecule has 0 spiro atoms. The third-order valence-corrected chi connectivity index (χ3v) is 5.24. The van der Waals surface area contributed by atoms with Crippen LogP contribution in [0.1, 0.15) is 45.4 Å². The predicted molar refractivity (Wildman–Crippen MR) is 84.6 cm³/mol. The van der Waals surface area contributed by atoms with Crippen LogP contribution in [0.3, 0.4) is 0 Å². The predicted octanol–water partition coefficient (Wildman–Crippen LogP) is 2.46. The lowest BCUT2D eigenvalue weighted by Gasteiger charge is -2.47. The highest BCUT2D eigenvalue weighted by molar-refractivity contribution is 5.72. The second kappa shape index (κ2) is 7.62. The Morgan fingerprint density at radius 2 is 1.75 bits per heavy atom. The van der Waals surface area contributed by atoms with E-state index in [1.165, 1.54) is 0 Å². The van der Waals surface area contributed by atoms with Crippen LogP contribution >= 0.6 is 0 Å². The number of esters is 1. The van der Waals surface area contributed by atoms with E-state index in [9.17, 15) is 13.6 Å². The lowest BCUT2D eigenvalue weighted by Crippen LogP contribution is -2.65. The summed E-state index contributed by atoms with van der Waals surface area (Å²) >= 11 is 0. The van der Waals surface area contributed by atoms with E-state index in [4.69, 9.17) is 9.47 Å². The first kappa shape index (κ1) is 18.0. The van der Waals surface area contributed by atoms with Crippen LogP contribution in [0.15, 0.2) is 0 Å². The maximum atomic E-state index is 13.3. The molecule has 24 heavy (non-hydrogen) atoms. The molecule has 1 aliphatic carbocycles. The van der Waals surface area contributed by atoms with Crippen LogP contribution in [0.5, 0.6) is 0 Å². The molecule has 2 heterocycles. The van der Waals surface area contributed by atoms with Gasteiger partial charge in [-0.3, -0.25) is 14.6 Å². The molecule has 7 heteroatoms.